The van der Waals surface area contributed by atoms with Crippen LogP contribution in [0.5, 0.6) is 0 Å². The van der Waals surface area contributed by atoms with Crippen molar-refractivity contribution < 1.29 is 4.79 Å². The Morgan fingerprint density at radius 2 is 1.86 bits per heavy atom. The van der Waals surface area contributed by atoms with E-state index in [1.54, 1.807) is 24.3 Å². The molecule has 0 saturated heterocycles. The number of aromatic nitrogens is 3. The molecule has 0 bridgehead atoms. The zero-order valence-electron chi connectivity index (χ0n) is 15.6. The number of nitrogens with one attached hydrogen (secondary N) is 1. The highest BCUT2D eigenvalue weighted by atomic mass is 16.1. The highest BCUT2D eigenvalue weighted by Crippen LogP contribution is 2.24. The Balaban J connectivity index is 1.51. The number of nitriles is 1. The molecule has 140 valence electrons. The van der Waals surface area contributed by atoms with Crippen LogP contribution in [0.3, 0.4) is 0 Å². The summed E-state index contributed by atoms with van der Waals surface area (Å²) in [7, 11) is 0. The monoisotopic (exact) mass is 371 g/mol. The SMILES string of the molecule is N#Cc1cccc(C(=O)Nc2ccc(-c3nnc4n3CCCCCC4)cc2)c1. The van der Waals surface area contributed by atoms with Gasteiger partial charge in [0.2, 0.25) is 0 Å². The maximum absolute atomic E-state index is 12.4. The van der Waals surface area contributed by atoms with Crippen molar-refractivity contribution in [3.05, 3.63) is 65.5 Å². The second-order valence-electron chi connectivity index (χ2n) is 6.98. The van der Waals surface area contributed by atoms with Crippen LogP contribution in [0.15, 0.2) is 48.5 Å². The molecular weight excluding hydrogens is 350 g/mol. The van der Waals surface area contributed by atoms with Crippen LogP contribution in [-0.4, -0.2) is 20.7 Å². The highest BCUT2D eigenvalue weighted by molar-refractivity contribution is 6.04. The molecule has 3 aromatic rings. The third kappa shape index (κ3) is 3.79. The molecule has 28 heavy (non-hydrogen) atoms. The van der Waals surface area contributed by atoms with E-state index in [9.17, 15) is 4.79 Å². The minimum atomic E-state index is -0.238. The molecule has 0 aliphatic carbocycles. The average molecular weight is 371 g/mol. The molecule has 2 heterocycles. The molecule has 0 radical (unpaired) electrons. The maximum atomic E-state index is 12.4. The zero-order valence-corrected chi connectivity index (χ0v) is 15.6. The molecule has 1 aliphatic rings. The Hall–Kier alpha value is -3.46. The number of hydrogen-bond acceptors (Lipinski definition) is 4. The first kappa shape index (κ1) is 17.9. The molecule has 0 fully saturated rings. The van der Waals surface area contributed by atoms with E-state index in [0.717, 1.165) is 43.0 Å². The lowest BCUT2D eigenvalue weighted by atomic mass is 10.1. The Morgan fingerprint density at radius 1 is 1.04 bits per heavy atom. The summed E-state index contributed by atoms with van der Waals surface area (Å²) in [5.74, 6) is 1.71. The second kappa shape index (κ2) is 8.05. The van der Waals surface area contributed by atoms with E-state index in [4.69, 9.17) is 5.26 Å². The summed E-state index contributed by atoms with van der Waals surface area (Å²) in [6, 6.07) is 16.3. The van der Waals surface area contributed by atoms with Crippen molar-refractivity contribution in [1.82, 2.24) is 14.8 Å². The van der Waals surface area contributed by atoms with Gasteiger partial charge < -0.3 is 9.88 Å². The average Bonchev–Trinajstić information content (AvgIpc) is 3.10. The molecule has 0 atom stereocenters. The summed E-state index contributed by atoms with van der Waals surface area (Å²) in [6.45, 7) is 0.950. The van der Waals surface area contributed by atoms with Gasteiger partial charge in [-0.05, 0) is 55.3 Å². The van der Waals surface area contributed by atoms with E-state index in [0.29, 0.717) is 16.8 Å². The van der Waals surface area contributed by atoms with E-state index >= 15 is 0 Å². The fourth-order valence-corrected chi connectivity index (χ4v) is 3.51. The molecule has 6 nitrogen and oxygen atoms in total. The normalized spacial score (nSPS) is 13.7. The van der Waals surface area contributed by atoms with Crippen LogP contribution in [0, 0.1) is 11.3 Å². The Bertz CT molecular complexity index is 1030. The summed E-state index contributed by atoms with van der Waals surface area (Å²) in [5, 5.41) is 20.6. The molecule has 0 saturated carbocycles. The number of benzene rings is 2. The molecule has 1 aliphatic heterocycles. The third-order valence-corrected chi connectivity index (χ3v) is 5.01. The van der Waals surface area contributed by atoms with Gasteiger partial charge in [-0.25, -0.2) is 0 Å². The van der Waals surface area contributed by atoms with E-state index < -0.39 is 0 Å². The summed E-state index contributed by atoms with van der Waals surface area (Å²) in [4.78, 5) is 12.4. The van der Waals surface area contributed by atoms with E-state index in [1.807, 2.05) is 30.3 Å². The molecule has 4 rings (SSSR count). The first-order valence-corrected chi connectivity index (χ1v) is 9.58. The Morgan fingerprint density at radius 3 is 2.68 bits per heavy atom. The van der Waals surface area contributed by atoms with Crippen LogP contribution >= 0.6 is 0 Å². The number of hydrogen-bond donors (Lipinski definition) is 1. The molecule has 1 N–H and O–H groups in total. The first-order chi connectivity index (χ1) is 13.7. The largest absolute Gasteiger partial charge is 0.322 e. The van der Waals surface area contributed by atoms with Crippen molar-refractivity contribution in [2.24, 2.45) is 0 Å². The van der Waals surface area contributed by atoms with Crippen LogP contribution < -0.4 is 5.32 Å². The fraction of sp³-hybridized carbons (Fsp3) is 0.273. The summed E-state index contributed by atoms with van der Waals surface area (Å²) in [6.07, 6.45) is 5.79. The van der Waals surface area contributed by atoms with E-state index in [2.05, 4.69) is 20.1 Å². The smallest absolute Gasteiger partial charge is 0.255 e. The number of aryl methyl sites for hydroxylation is 1. The number of fused-ring (bicyclic) bond motifs is 1. The summed E-state index contributed by atoms with van der Waals surface area (Å²) >= 11 is 0. The van der Waals surface area contributed by atoms with Crippen LogP contribution in [0.4, 0.5) is 5.69 Å². The number of nitrogens with zero attached hydrogens (tertiary/aromatic N) is 4. The van der Waals surface area contributed by atoms with E-state index in [1.165, 1.54) is 12.8 Å². The van der Waals surface area contributed by atoms with Crippen LogP contribution in [0.25, 0.3) is 11.4 Å². The predicted molar refractivity (Wildman–Crippen MR) is 107 cm³/mol. The van der Waals surface area contributed by atoms with Crippen molar-refractivity contribution in [3.8, 4) is 17.5 Å². The van der Waals surface area contributed by atoms with Crippen molar-refractivity contribution >= 4 is 11.6 Å². The predicted octanol–water partition coefficient (Wildman–Crippen LogP) is 4.19. The number of carbonyl (C=O) groups excluding carboxylic acids is 1. The number of amides is 1. The molecule has 1 aromatic heterocycles. The van der Waals surface area contributed by atoms with Gasteiger partial charge in [-0.3, -0.25) is 4.79 Å². The van der Waals surface area contributed by atoms with Gasteiger partial charge in [0.25, 0.3) is 5.91 Å². The van der Waals surface area contributed by atoms with Gasteiger partial charge in [-0.1, -0.05) is 18.9 Å². The summed E-state index contributed by atoms with van der Waals surface area (Å²) < 4.78 is 2.22. The van der Waals surface area contributed by atoms with Crippen molar-refractivity contribution in [2.75, 3.05) is 5.32 Å². The van der Waals surface area contributed by atoms with Crippen LogP contribution in [-0.2, 0) is 13.0 Å². The Kier molecular flexibility index (Phi) is 5.16. The van der Waals surface area contributed by atoms with Crippen LogP contribution in [0.1, 0.15) is 47.4 Å². The van der Waals surface area contributed by atoms with Gasteiger partial charge in [-0.2, -0.15) is 5.26 Å². The van der Waals surface area contributed by atoms with E-state index in [-0.39, 0.29) is 5.91 Å². The lowest BCUT2D eigenvalue weighted by Crippen LogP contribution is -2.12. The quantitative estimate of drug-likeness (QED) is 0.748. The Labute approximate surface area is 163 Å². The topological polar surface area (TPSA) is 83.6 Å². The standard InChI is InChI=1S/C22H21N5O/c23-15-16-6-5-7-18(14-16)22(28)24-19-11-9-17(10-12-19)21-26-25-20-8-3-1-2-4-13-27(20)21/h5-7,9-12,14H,1-4,8,13H2,(H,24,28). The molecular formula is C22H21N5O. The molecule has 6 heteroatoms. The van der Waals surface area contributed by atoms with Gasteiger partial charge in [0.1, 0.15) is 5.82 Å². The lowest BCUT2D eigenvalue weighted by molar-refractivity contribution is 0.102. The van der Waals surface area contributed by atoms with Crippen molar-refractivity contribution in [2.45, 2.75) is 38.6 Å². The molecule has 1 amide bonds. The molecule has 0 unspecified atom stereocenters. The summed E-state index contributed by atoms with van der Waals surface area (Å²) in [5.41, 5.74) is 2.61. The van der Waals surface area contributed by atoms with Gasteiger partial charge in [0.05, 0.1) is 11.6 Å². The van der Waals surface area contributed by atoms with Gasteiger partial charge in [0.15, 0.2) is 5.82 Å². The van der Waals surface area contributed by atoms with Gasteiger partial charge in [0, 0.05) is 29.8 Å². The number of carbonyl (C=O) groups is 1. The maximum Gasteiger partial charge on any atom is 0.255 e. The lowest BCUT2D eigenvalue weighted by Gasteiger charge is -2.13. The third-order valence-electron chi connectivity index (χ3n) is 5.01. The van der Waals surface area contributed by atoms with Crippen molar-refractivity contribution in [1.29, 1.82) is 5.26 Å². The van der Waals surface area contributed by atoms with Gasteiger partial charge >= 0.3 is 0 Å². The minimum absolute atomic E-state index is 0.238. The van der Waals surface area contributed by atoms with Crippen LogP contribution in [0.2, 0.25) is 0 Å². The second-order valence-corrected chi connectivity index (χ2v) is 6.98. The highest BCUT2D eigenvalue weighted by Gasteiger charge is 2.15. The molecule has 2 aromatic carbocycles. The fourth-order valence-electron chi connectivity index (χ4n) is 3.51. The van der Waals surface area contributed by atoms with Gasteiger partial charge in [-0.15, -0.1) is 10.2 Å². The number of anilines is 1. The first-order valence-electron chi connectivity index (χ1n) is 9.58. The number of rotatable bonds is 3. The zero-order chi connectivity index (χ0) is 19.3. The van der Waals surface area contributed by atoms with Crippen molar-refractivity contribution in [3.63, 3.8) is 0 Å². The molecule has 0 spiro atoms. The minimum Gasteiger partial charge on any atom is -0.322 e.